The molecule has 1 aromatic heterocycles. The minimum atomic E-state index is -0.462. The van der Waals surface area contributed by atoms with E-state index in [9.17, 15) is 14.9 Å². The lowest BCUT2D eigenvalue weighted by Gasteiger charge is -2.02. The molecule has 108 valence electrons. The van der Waals surface area contributed by atoms with Gasteiger partial charge < -0.3 is 9.73 Å². The van der Waals surface area contributed by atoms with Crippen molar-refractivity contribution in [3.05, 3.63) is 67.7 Å². The summed E-state index contributed by atoms with van der Waals surface area (Å²) >= 11 is 2.04. The third-order valence-corrected chi connectivity index (χ3v) is 3.19. The highest BCUT2D eigenvalue weighted by Crippen LogP contribution is 2.12. The summed E-state index contributed by atoms with van der Waals surface area (Å²) in [6.45, 7) is 0.302. The number of carbonyl (C=O) groups excluding carboxylic acids is 1. The zero-order valence-electron chi connectivity index (χ0n) is 10.8. The van der Waals surface area contributed by atoms with Crippen molar-refractivity contribution in [2.75, 3.05) is 0 Å². The fourth-order valence-electron chi connectivity index (χ4n) is 1.56. The average molecular weight is 398 g/mol. The van der Waals surface area contributed by atoms with Crippen molar-refractivity contribution in [3.63, 3.8) is 0 Å². The van der Waals surface area contributed by atoms with Crippen LogP contribution in [0.1, 0.15) is 11.3 Å². The average Bonchev–Trinajstić information content (AvgIpc) is 2.89. The Labute approximate surface area is 134 Å². The van der Waals surface area contributed by atoms with E-state index in [0.717, 1.165) is 9.33 Å². The molecule has 0 radical (unpaired) electrons. The Hall–Kier alpha value is -2.16. The van der Waals surface area contributed by atoms with Gasteiger partial charge in [-0.15, -0.1) is 0 Å². The van der Waals surface area contributed by atoms with Gasteiger partial charge in [-0.1, -0.05) is 12.1 Å². The van der Waals surface area contributed by atoms with Crippen LogP contribution in [0.15, 0.2) is 46.9 Å². The van der Waals surface area contributed by atoms with Crippen LogP contribution in [-0.2, 0) is 11.3 Å². The number of nitrogens with one attached hydrogen (secondary N) is 1. The number of rotatable bonds is 5. The molecule has 0 aliphatic carbocycles. The lowest BCUT2D eigenvalue weighted by atomic mass is 10.2. The molecule has 6 nitrogen and oxygen atoms in total. The molecule has 1 heterocycles. The molecule has 2 aromatic rings. The summed E-state index contributed by atoms with van der Waals surface area (Å²) in [6, 6.07) is 9.59. The van der Waals surface area contributed by atoms with Gasteiger partial charge in [0.05, 0.1) is 4.92 Å². The molecule has 7 heteroatoms. The Morgan fingerprint density at radius 2 is 2.00 bits per heavy atom. The van der Waals surface area contributed by atoms with E-state index in [0.29, 0.717) is 12.3 Å². The van der Waals surface area contributed by atoms with Gasteiger partial charge in [0.1, 0.15) is 5.76 Å². The zero-order chi connectivity index (χ0) is 15.2. The zero-order valence-corrected chi connectivity index (χ0v) is 12.9. The Bertz CT molecular complexity index is 677. The van der Waals surface area contributed by atoms with Crippen LogP contribution < -0.4 is 5.32 Å². The SMILES string of the molecule is O=C(C=Cc1ccc(I)o1)NCc1ccc([N+](=O)[O-])cc1. The first kappa shape index (κ1) is 15.2. The van der Waals surface area contributed by atoms with Gasteiger partial charge >= 0.3 is 0 Å². The first-order valence-electron chi connectivity index (χ1n) is 5.99. The van der Waals surface area contributed by atoms with Crippen LogP contribution in [-0.4, -0.2) is 10.8 Å². The van der Waals surface area contributed by atoms with Gasteiger partial charge in [0.2, 0.25) is 5.91 Å². The minimum Gasteiger partial charge on any atom is -0.451 e. The van der Waals surface area contributed by atoms with E-state index in [1.807, 2.05) is 22.6 Å². The van der Waals surface area contributed by atoms with Crippen molar-refractivity contribution in [1.29, 1.82) is 0 Å². The van der Waals surface area contributed by atoms with Crippen molar-refractivity contribution in [3.8, 4) is 0 Å². The molecular weight excluding hydrogens is 387 g/mol. The van der Waals surface area contributed by atoms with Gasteiger partial charge in [-0.25, -0.2) is 0 Å². The molecule has 0 aliphatic heterocycles. The number of amides is 1. The first-order chi connectivity index (χ1) is 10.0. The maximum Gasteiger partial charge on any atom is 0.269 e. The number of non-ortho nitro benzene ring substituents is 1. The molecule has 0 fully saturated rings. The lowest BCUT2D eigenvalue weighted by Crippen LogP contribution is -2.20. The highest BCUT2D eigenvalue weighted by atomic mass is 127. The van der Waals surface area contributed by atoms with Gasteiger partial charge in [0.15, 0.2) is 3.77 Å². The summed E-state index contributed by atoms with van der Waals surface area (Å²) in [5.41, 5.74) is 0.812. The van der Waals surface area contributed by atoms with Crippen molar-refractivity contribution in [1.82, 2.24) is 5.32 Å². The molecule has 0 spiro atoms. The topological polar surface area (TPSA) is 85.4 Å². The van der Waals surface area contributed by atoms with E-state index in [1.165, 1.54) is 18.2 Å². The second-order valence-corrected chi connectivity index (χ2v) is 5.18. The molecule has 0 bridgehead atoms. The standard InChI is InChI=1S/C14H11IN2O4/c15-13-7-5-12(21-13)6-8-14(18)16-9-10-1-3-11(4-2-10)17(19)20/h1-8H,9H2,(H,16,18). The number of nitro groups is 1. The fraction of sp³-hybridized carbons (Fsp3) is 0.0714. The maximum absolute atomic E-state index is 11.6. The summed E-state index contributed by atoms with van der Waals surface area (Å²) < 4.78 is 6.04. The van der Waals surface area contributed by atoms with Crippen molar-refractivity contribution in [2.24, 2.45) is 0 Å². The molecule has 1 N–H and O–H groups in total. The van der Waals surface area contributed by atoms with Gasteiger partial charge in [-0.2, -0.15) is 0 Å². The molecule has 1 amide bonds. The molecule has 2 rings (SSSR count). The number of hydrogen-bond donors (Lipinski definition) is 1. The summed E-state index contributed by atoms with van der Waals surface area (Å²) in [7, 11) is 0. The maximum atomic E-state index is 11.6. The van der Waals surface area contributed by atoms with Crippen LogP contribution in [0.5, 0.6) is 0 Å². The summed E-state index contributed by atoms with van der Waals surface area (Å²) in [5.74, 6) is 0.338. The summed E-state index contributed by atoms with van der Waals surface area (Å²) in [6.07, 6.45) is 2.95. The number of nitrogens with zero attached hydrogens (tertiary/aromatic N) is 1. The number of furan rings is 1. The van der Waals surface area contributed by atoms with Gasteiger partial charge in [-0.3, -0.25) is 14.9 Å². The van der Waals surface area contributed by atoms with Crippen LogP contribution >= 0.6 is 22.6 Å². The third kappa shape index (κ3) is 4.71. The number of halogens is 1. The molecule has 0 atom stereocenters. The Balaban J connectivity index is 1.86. The highest BCUT2D eigenvalue weighted by molar-refractivity contribution is 14.1. The monoisotopic (exact) mass is 398 g/mol. The number of benzene rings is 1. The van der Waals surface area contributed by atoms with E-state index in [2.05, 4.69) is 5.32 Å². The predicted octanol–water partition coefficient (Wildman–Crippen LogP) is 3.12. The van der Waals surface area contributed by atoms with E-state index < -0.39 is 4.92 Å². The largest absolute Gasteiger partial charge is 0.451 e. The van der Waals surface area contributed by atoms with Crippen LogP contribution in [0.25, 0.3) is 6.08 Å². The van der Waals surface area contributed by atoms with Crippen LogP contribution in [0, 0.1) is 13.9 Å². The Morgan fingerprint density at radius 3 is 2.57 bits per heavy atom. The number of hydrogen-bond acceptors (Lipinski definition) is 4. The number of nitro benzene ring substituents is 1. The van der Waals surface area contributed by atoms with Gasteiger partial charge in [0.25, 0.3) is 5.69 Å². The van der Waals surface area contributed by atoms with E-state index in [-0.39, 0.29) is 11.6 Å². The Kier molecular flexibility index (Phi) is 5.09. The minimum absolute atomic E-state index is 0.0254. The van der Waals surface area contributed by atoms with Crippen LogP contribution in [0.4, 0.5) is 5.69 Å². The fourth-order valence-corrected chi connectivity index (χ4v) is 1.99. The normalized spacial score (nSPS) is 10.7. The molecule has 21 heavy (non-hydrogen) atoms. The smallest absolute Gasteiger partial charge is 0.269 e. The van der Waals surface area contributed by atoms with Crippen molar-refractivity contribution in [2.45, 2.75) is 6.54 Å². The molecule has 0 aliphatic rings. The summed E-state index contributed by atoms with van der Waals surface area (Å²) in [5, 5.41) is 13.2. The van der Waals surface area contributed by atoms with E-state index in [1.54, 1.807) is 30.3 Å². The van der Waals surface area contributed by atoms with Gasteiger partial charge in [0, 0.05) is 24.8 Å². The van der Waals surface area contributed by atoms with Crippen LogP contribution in [0.3, 0.4) is 0 Å². The number of carbonyl (C=O) groups is 1. The Morgan fingerprint density at radius 1 is 1.29 bits per heavy atom. The summed E-state index contributed by atoms with van der Waals surface area (Å²) in [4.78, 5) is 21.7. The molecular formula is C14H11IN2O4. The second-order valence-electron chi connectivity index (χ2n) is 4.12. The second kappa shape index (κ2) is 7.02. The molecule has 0 unspecified atom stereocenters. The van der Waals surface area contributed by atoms with Crippen molar-refractivity contribution < 1.29 is 14.1 Å². The van der Waals surface area contributed by atoms with E-state index >= 15 is 0 Å². The predicted molar refractivity (Wildman–Crippen MR) is 85.4 cm³/mol. The van der Waals surface area contributed by atoms with Gasteiger partial charge in [-0.05, 0) is 46.4 Å². The lowest BCUT2D eigenvalue weighted by molar-refractivity contribution is -0.384. The van der Waals surface area contributed by atoms with E-state index in [4.69, 9.17) is 4.42 Å². The molecule has 1 aromatic carbocycles. The van der Waals surface area contributed by atoms with Crippen molar-refractivity contribution >= 4 is 40.3 Å². The molecule has 0 saturated carbocycles. The first-order valence-corrected chi connectivity index (χ1v) is 7.07. The third-order valence-electron chi connectivity index (χ3n) is 2.61. The molecule has 0 saturated heterocycles. The quantitative estimate of drug-likeness (QED) is 0.363. The highest BCUT2D eigenvalue weighted by Gasteiger charge is 2.04. The van der Waals surface area contributed by atoms with Crippen LogP contribution in [0.2, 0.25) is 0 Å².